The molecule has 0 aliphatic heterocycles. The normalized spacial score (nSPS) is 10.9. The van der Waals surface area contributed by atoms with Crippen molar-refractivity contribution >= 4 is 32.9 Å². The summed E-state index contributed by atoms with van der Waals surface area (Å²) in [6.07, 6.45) is 0. The van der Waals surface area contributed by atoms with Crippen LogP contribution < -0.4 is 0 Å². The molecule has 0 radical (unpaired) electrons. The molecule has 0 saturated carbocycles. The monoisotopic (exact) mass is 331 g/mol. The molecule has 0 atom stereocenters. The first-order valence-corrected chi connectivity index (χ1v) is 6.71. The fourth-order valence-corrected chi connectivity index (χ4v) is 2.33. The highest BCUT2D eigenvalue weighted by atomic mass is 79.9. The van der Waals surface area contributed by atoms with E-state index in [1.807, 2.05) is 25.1 Å². The molecule has 1 aromatic heterocycles. The number of aryl methyl sites for hydroxylation is 1. The van der Waals surface area contributed by atoms with Gasteiger partial charge in [-0.1, -0.05) is 27.2 Å². The number of rotatable bonds is 2. The van der Waals surface area contributed by atoms with E-state index in [4.69, 9.17) is 5.11 Å². The lowest BCUT2D eigenvalue weighted by Crippen LogP contribution is -1.98. The molecule has 3 aromatic rings. The molecule has 0 spiro atoms. The van der Waals surface area contributed by atoms with Crippen LogP contribution in [0.3, 0.4) is 0 Å². The third-order valence-electron chi connectivity index (χ3n) is 3.09. The Bertz CT molecular complexity index is 826. The Balaban J connectivity index is 2.17. The van der Waals surface area contributed by atoms with Gasteiger partial charge >= 0.3 is 5.97 Å². The summed E-state index contributed by atoms with van der Waals surface area (Å²) in [6, 6.07) is 10.7. The van der Waals surface area contributed by atoms with E-state index in [1.165, 1.54) is 6.07 Å². The minimum absolute atomic E-state index is 0.203. The Morgan fingerprint density at radius 1 is 1.25 bits per heavy atom. The number of carbonyl (C=O) groups is 1. The third kappa shape index (κ3) is 2.08. The smallest absolute Gasteiger partial charge is 0.335 e. The number of nitrogens with zero attached hydrogens (tertiary/aromatic N) is 3. The summed E-state index contributed by atoms with van der Waals surface area (Å²) in [4.78, 5) is 10.9. The number of aromatic carboxylic acids is 1. The van der Waals surface area contributed by atoms with Gasteiger partial charge in [0, 0.05) is 4.47 Å². The van der Waals surface area contributed by atoms with Crippen molar-refractivity contribution in [3.05, 3.63) is 52.0 Å². The van der Waals surface area contributed by atoms with E-state index < -0.39 is 5.97 Å². The number of aromatic nitrogens is 3. The van der Waals surface area contributed by atoms with Crippen LogP contribution in [0.25, 0.3) is 16.7 Å². The van der Waals surface area contributed by atoms with Gasteiger partial charge in [-0.2, -0.15) is 0 Å². The lowest BCUT2D eigenvalue weighted by molar-refractivity contribution is 0.0697. The highest BCUT2D eigenvalue weighted by Gasteiger charge is 2.10. The Morgan fingerprint density at radius 3 is 2.75 bits per heavy atom. The van der Waals surface area contributed by atoms with E-state index in [2.05, 4.69) is 26.2 Å². The lowest BCUT2D eigenvalue weighted by Gasteiger charge is -2.05. The molecule has 6 heteroatoms. The molecule has 100 valence electrons. The molecule has 0 unspecified atom stereocenters. The van der Waals surface area contributed by atoms with Crippen LogP contribution in [-0.4, -0.2) is 26.1 Å². The minimum atomic E-state index is -0.973. The molecule has 1 N–H and O–H groups in total. The molecule has 0 amide bonds. The predicted octanol–water partition coefficient (Wildman–Crippen LogP) is 3.19. The van der Waals surface area contributed by atoms with Gasteiger partial charge in [-0.05, 0) is 42.8 Å². The van der Waals surface area contributed by atoms with Gasteiger partial charge in [-0.15, -0.1) is 5.10 Å². The molecule has 0 aliphatic rings. The quantitative estimate of drug-likeness (QED) is 0.783. The van der Waals surface area contributed by atoms with Gasteiger partial charge in [0.2, 0.25) is 0 Å². The highest BCUT2D eigenvalue weighted by molar-refractivity contribution is 9.10. The van der Waals surface area contributed by atoms with Crippen LogP contribution in [0.15, 0.2) is 40.9 Å². The van der Waals surface area contributed by atoms with Gasteiger partial charge in [-0.25, -0.2) is 9.48 Å². The minimum Gasteiger partial charge on any atom is -0.478 e. The molecule has 5 nitrogen and oxygen atoms in total. The van der Waals surface area contributed by atoms with Crippen molar-refractivity contribution < 1.29 is 9.90 Å². The molecule has 3 rings (SSSR count). The van der Waals surface area contributed by atoms with Crippen molar-refractivity contribution in [2.45, 2.75) is 6.92 Å². The summed E-state index contributed by atoms with van der Waals surface area (Å²) < 4.78 is 2.67. The topological polar surface area (TPSA) is 68.0 Å². The largest absolute Gasteiger partial charge is 0.478 e. The van der Waals surface area contributed by atoms with E-state index >= 15 is 0 Å². The van der Waals surface area contributed by atoms with Gasteiger partial charge in [0.25, 0.3) is 0 Å². The summed E-state index contributed by atoms with van der Waals surface area (Å²) in [7, 11) is 0. The molecule has 0 fully saturated rings. The van der Waals surface area contributed by atoms with Gasteiger partial charge < -0.3 is 5.11 Å². The maximum absolute atomic E-state index is 10.9. The van der Waals surface area contributed by atoms with Crippen LogP contribution in [0.5, 0.6) is 0 Å². The van der Waals surface area contributed by atoms with Gasteiger partial charge in [-0.3, -0.25) is 0 Å². The predicted molar refractivity (Wildman–Crippen MR) is 78.3 cm³/mol. The number of halogens is 1. The second kappa shape index (κ2) is 4.72. The number of carboxylic acids is 1. The first-order chi connectivity index (χ1) is 9.56. The van der Waals surface area contributed by atoms with Gasteiger partial charge in [0.15, 0.2) is 0 Å². The Hall–Kier alpha value is -2.21. The summed E-state index contributed by atoms with van der Waals surface area (Å²) in [5.41, 5.74) is 3.53. The van der Waals surface area contributed by atoms with Crippen molar-refractivity contribution in [2.75, 3.05) is 0 Å². The Morgan fingerprint density at radius 2 is 2.05 bits per heavy atom. The van der Waals surface area contributed by atoms with E-state index in [0.717, 1.165) is 21.2 Å². The zero-order chi connectivity index (χ0) is 14.3. The average Bonchev–Trinajstić information content (AvgIpc) is 2.84. The van der Waals surface area contributed by atoms with Crippen LogP contribution in [0.1, 0.15) is 15.9 Å². The second-order valence-corrected chi connectivity index (χ2v) is 5.30. The summed E-state index contributed by atoms with van der Waals surface area (Å²) >= 11 is 3.49. The first kappa shape index (κ1) is 12.8. The maximum Gasteiger partial charge on any atom is 0.335 e. The third-order valence-corrected chi connectivity index (χ3v) is 3.95. The number of carboxylic acid groups (broad SMARTS) is 1. The Kier molecular flexibility index (Phi) is 3.02. The molecule has 0 saturated heterocycles. The number of benzene rings is 2. The molecular weight excluding hydrogens is 322 g/mol. The SMILES string of the molecule is Cc1ccc(-n2nnc3cc(C(=O)O)ccc32)cc1Br. The Labute approximate surface area is 123 Å². The van der Waals surface area contributed by atoms with Crippen molar-refractivity contribution in [1.29, 1.82) is 0 Å². The van der Waals surface area contributed by atoms with Crippen molar-refractivity contribution in [1.82, 2.24) is 15.0 Å². The summed E-state index contributed by atoms with van der Waals surface area (Å²) in [5.74, 6) is -0.973. The lowest BCUT2D eigenvalue weighted by atomic mass is 10.2. The molecular formula is C14H10BrN3O2. The van der Waals surface area contributed by atoms with Gasteiger partial charge in [0.05, 0.1) is 16.8 Å². The molecule has 0 bridgehead atoms. The average molecular weight is 332 g/mol. The highest BCUT2D eigenvalue weighted by Crippen LogP contribution is 2.22. The van der Waals surface area contributed by atoms with Crippen molar-refractivity contribution in [3.8, 4) is 5.69 Å². The van der Waals surface area contributed by atoms with Gasteiger partial charge in [0.1, 0.15) is 5.52 Å². The van der Waals surface area contributed by atoms with E-state index in [1.54, 1.807) is 16.8 Å². The van der Waals surface area contributed by atoms with Crippen molar-refractivity contribution in [3.63, 3.8) is 0 Å². The number of fused-ring (bicyclic) bond motifs is 1. The molecule has 1 heterocycles. The van der Waals surface area contributed by atoms with Crippen LogP contribution in [0, 0.1) is 6.92 Å². The van der Waals surface area contributed by atoms with Crippen LogP contribution >= 0.6 is 15.9 Å². The summed E-state index contributed by atoms with van der Waals surface area (Å²) in [6.45, 7) is 2.01. The molecule has 0 aliphatic carbocycles. The zero-order valence-electron chi connectivity index (χ0n) is 10.5. The fraction of sp³-hybridized carbons (Fsp3) is 0.0714. The number of hydrogen-bond acceptors (Lipinski definition) is 3. The summed E-state index contributed by atoms with van der Waals surface area (Å²) in [5, 5.41) is 17.1. The maximum atomic E-state index is 10.9. The number of hydrogen-bond donors (Lipinski definition) is 1. The standard InChI is InChI=1S/C14H10BrN3O2/c1-8-2-4-10(7-11(8)15)18-13-5-3-9(14(19)20)6-12(13)16-17-18/h2-7H,1H3,(H,19,20). The second-order valence-electron chi connectivity index (χ2n) is 4.44. The first-order valence-electron chi connectivity index (χ1n) is 5.91. The van der Waals surface area contributed by atoms with Crippen molar-refractivity contribution in [2.24, 2.45) is 0 Å². The van der Waals surface area contributed by atoms with E-state index in [9.17, 15) is 4.79 Å². The van der Waals surface area contributed by atoms with Crippen LogP contribution in [-0.2, 0) is 0 Å². The van der Waals surface area contributed by atoms with E-state index in [-0.39, 0.29) is 5.56 Å². The zero-order valence-corrected chi connectivity index (χ0v) is 12.1. The van der Waals surface area contributed by atoms with Crippen LogP contribution in [0.4, 0.5) is 0 Å². The molecule has 2 aromatic carbocycles. The molecule has 20 heavy (non-hydrogen) atoms. The van der Waals surface area contributed by atoms with E-state index in [0.29, 0.717) is 5.52 Å². The fourth-order valence-electron chi connectivity index (χ4n) is 1.96. The van der Waals surface area contributed by atoms with Crippen LogP contribution in [0.2, 0.25) is 0 Å².